The third-order valence-electron chi connectivity index (χ3n) is 2.36. The van der Waals surface area contributed by atoms with E-state index in [2.05, 4.69) is 15.5 Å². The van der Waals surface area contributed by atoms with Gasteiger partial charge in [-0.05, 0) is 13.0 Å². The van der Waals surface area contributed by atoms with E-state index in [9.17, 15) is 13.2 Å². The molecule has 1 heterocycles. The van der Waals surface area contributed by atoms with Crippen molar-refractivity contribution in [3.05, 3.63) is 47.5 Å². The summed E-state index contributed by atoms with van der Waals surface area (Å²) in [5.74, 6) is -3.90. The maximum absolute atomic E-state index is 13.0. The summed E-state index contributed by atoms with van der Waals surface area (Å²) < 4.78 is 38.6. The summed E-state index contributed by atoms with van der Waals surface area (Å²) in [5, 5.41) is 9.32. The fraction of sp³-hybridized carbons (Fsp3) is 0.182. The summed E-state index contributed by atoms with van der Waals surface area (Å²) in [5.41, 5.74) is 0.929. The van der Waals surface area contributed by atoms with E-state index in [0.717, 1.165) is 17.8 Å². The standard InChI is InChI=1S/C11H10F3N3/c1-6(10-2-3-15-17-10)16-7-4-8(12)11(14)9(13)5-7/h2-6,16H,1H3,(H,15,17). The number of hydrogen-bond donors (Lipinski definition) is 2. The topological polar surface area (TPSA) is 40.7 Å². The molecular weight excluding hydrogens is 231 g/mol. The Morgan fingerprint density at radius 3 is 2.41 bits per heavy atom. The van der Waals surface area contributed by atoms with Crippen molar-refractivity contribution in [1.29, 1.82) is 0 Å². The third kappa shape index (κ3) is 2.41. The van der Waals surface area contributed by atoms with Crippen LogP contribution in [0.1, 0.15) is 18.7 Å². The third-order valence-corrected chi connectivity index (χ3v) is 2.36. The molecule has 0 aliphatic heterocycles. The van der Waals surface area contributed by atoms with Crippen molar-refractivity contribution < 1.29 is 13.2 Å². The summed E-state index contributed by atoms with van der Waals surface area (Å²) in [4.78, 5) is 0. The molecule has 0 fully saturated rings. The van der Waals surface area contributed by atoms with Gasteiger partial charge in [-0.2, -0.15) is 5.10 Å². The predicted molar refractivity (Wildman–Crippen MR) is 56.9 cm³/mol. The first-order valence-corrected chi connectivity index (χ1v) is 4.98. The van der Waals surface area contributed by atoms with Gasteiger partial charge in [-0.15, -0.1) is 0 Å². The van der Waals surface area contributed by atoms with Gasteiger partial charge in [-0.25, -0.2) is 13.2 Å². The molecule has 2 N–H and O–H groups in total. The summed E-state index contributed by atoms with van der Waals surface area (Å²) >= 11 is 0. The second kappa shape index (κ2) is 4.48. The van der Waals surface area contributed by atoms with Gasteiger partial charge in [0.1, 0.15) is 0 Å². The van der Waals surface area contributed by atoms with Crippen LogP contribution in [0.4, 0.5) is 18.9 Å². The smallest absolute Gasteiger partial charge is 0.194 e. The zero-order valence-corrected chi connectivity index (χ0v) is 8.97. The number of rotatable bonds is 3. The van der Waals surface area contributed by atoms with E-state index in [0.29, 0.717) is 0 Å². The molecule has 2 aromatic rings. The number of H-pyrrole nitrogens is 1. The zero-order valence-electron chi connectivity index (χ0n) is 8.97. The van der Waals surface area contributed by atoms with Crippen molar-refractivity contribution in [2.24, 2.45) is 0 Å². The Kier molecular flexibility index (Phi) is 3.03. The van der Waals surface area contributed by atoms with Crippen LogP contribution in [0, 0.1) is 17.5 Å². The van der Waals surface area contributed by atoms with Gasteiger partial charge in [0.05, 0.1) is 11.7 Å². The van der Waals surface area contributed by atoms with Crippen molar-refractivity contribution in [2.75, 3.05) is 5.32 Å². The molecule has 0 spiro atoms. The van der Waals surface area contributed by atoms with Crippen LogP contribution in [0.5, 0.6) is 0 Å². The normalized spacial score (nSPS) is 12.5. The highest BCUT2D eigenvalue weighted by Crippen LogP contribution is 2.21. The number of aromatic nitrogens is 2. The highest BCUT2D eigenvalue weighted by molar-refractivity contribution is 5.45. The van der Waals surface area contributed by atoms with E-state index in [-0.39, 0.29) is 11.7 Å². The van der Waals surface area contributed by atoms with Crippen molar-refractivity contribution in [2.45, 2.75) is 13.0 Å². The van der Waals surface area contributed by atoms with Gasteiger partial charge in [-0.3, -0.25) is 5.10 Å². The van der Waals surface area contributed by atoms with Crippen LogP contribution in [-0.4, -0.2) is 10.2 Å². The molecule has 0 radical (unpaired) electrons. The van der Waals surface area contributed by atoms with Crippen molar-refractivity contribution >= 4 is 5.69 Å². The quantitative estimate of drug-likeness (QED) is 0.811. The van der Waals surface area contributed by atoms with Crippen molar-refractivity contribution in [3.63, 3.8) is 0 Å². The molecule has 1 aromatic heterocycles. The van der Waals surface area contributed by atoms with Crippen LogP contribution in [0.3, 0.4) is 0 Å². The molecule has 0 aliphatic carbocycles. The minimum absolute atomic E-state index is 0.170. The second-order valence-corrected chi connectivity index (χ2v) is 3.63. The highest BCUT2D eigenvalue weighted by atomic mass is 19.2. The lowest BCUT2D eigenvalue weighted by molar-refractivity contribution is 0.447. The minimum atomic E-state index is -1.47. The summed E-state index contributed by atoms with van der Waals surface area (Å²) in [6, 6.07) is 3.33. The number of hydrogen-bond acceptors (Lipinski definition) is 2. The van der Waals surface area contributed by atoms with Gasteiger partial charge in [0, 0.05) is 24.0 Å². The fourth-order valence-corrected chi connectivity index (χ4v) is 1.47. The van der Waals surface area contributed by atoms with Gasteiger partial charge in [-0.1, -0.05) is 0 Å². The first-order valence-electron chi connectivity index (χ1n) is 4.98. The molecule has 0 aliphatic rings. The van der Waals surface area contributed by atoms with Crippen LogP contribution in [0.2, 0.25) is 0 Å². The molecule has 1 atom stereocenters. The zero-order chi connectivity index (χ0) is 12.4. The van der Waals surface area contributed by atoms with Crippen molar-refractivity contribution in [3.8, 4) is 0 Å². The predicted octanol–water partition coefficient (Wildman–Crippen LogP) is 3.00. The Morgan fingerprint density at radius 1 is 1.24 bits per heavy atom. The molecule has 3 nitrogen and oxygen atoms in total. The van der Waals surface area contributed by atoms with E-state index >= 15 is 0 Å². The van der Waals surface area contributed by atoms with Gasteiger partial charge in [0.15, 0.2) is 17.5 Å². The van der Waals surface area contributed by atoms with E-state index < -0.39 is 17.5 Å². The van der Waals surface area contributed by atoms with Crippen LogP contribution in [0.15, 0.2) is 24.4 Å². The van der Waals surface area contributed by atoms with Gasteiger partial charge in [0.2, 0.25) is 0 Å². The summed E-state index contributed by atoms with van der Waals surface area (Å²) in [6.07, 6.45) is 1.57. The van der Waals surface area contributed by atoms with Gasteiger partial charge < -0.3 is 5.32 Å². The summed E-state index contributed by atoms with van der Waals surface area (Å²) in [7, 11) is 0. The summed E-state index contributed by atoms with van der Waals surface area (Å²) in [6.45, 7) is 1.78. The first-order chi connectivity index (χ1) is 8.08. The number of benzene rings is 1. The van der Waals surface area contributed by atoms with E-state index in [4.69, 9.17) is 0 Å². The maximum atomic E-state index is 13.0. The van der Waals surface area contributed by atoms with E-state index in [1.807, 2.05) is 0 Å². The number of anilines is 1. The number of nitrogens with zero attached hydrogens (tertiary/aromatic N) is 1. The molecular formula is C11H10F3N3. The Labute approximate surface area is 95.7 Å². The molecule has 1 unspecified atom stereocenters. The number of nitrogens with one attached hydrogen (secondary N) is 2. The number of aromatic amines is 1. The maximum Gasteiger partial charge on any atom is 0.194 e. The molecule has 0 amide bonds. The molecule has 17 heavy (non-hydrogen) atoms. The van der Waals surface area contributed by atoms with Crippen LogP contribution >= 0.6 is 0 Å². The van der Waals surface area contributed by atoms with Gasteiger partial charge >= 0.3 is 0 Å². The molecule has 1 aromatic carbocycles. The van der Waals surface area contributed by atoms with Crippen LogP contribution in [0.25, 0.3) is 0 Å². The van der Waals surface area contributed by atoms with Crippen LogP contribution < -0.4 is 5.32 Å². The largest absolute Gasteiger partial charge is 0.377 e. The lowest BCUT2D eigenvalue weighted by Gasteiger charge is -2.13. The van der Waals surface area contributed by atoms with E-state index in [1.165, 1.54) is 0 Å². The van der Waals surface area contributed by atoms with Crippen molar-refractivity contribution in [1.82, 2.24) is 10.2 Å². The molecule has 6 heteroatoms. The molecule has 0 saturated heterocycles. The number of halogens is 3. The Hall–Kier alpha value is -1.98. The van der Waals surface area contributed by atoms with E-state index in [1.54, 1.807) is 19.2 Å². The fourth-order valence-electron chi connectivity index (χ4n) is 1.47. The monoisotopic (exact) mass is 241 g/mol. The Bertz CT molecular complexity index is 488. The average Bonchev–Trinajstić information content (AvgIpc) is 2.79. The lowest BCUT2D eigenvalue weighted by Crippen LogP contribution is -2.08. The Balaban J connectivity index is 2.19. The average molecular weight is 241 g/mol. The minimum Gasteiger partial charge on any atom is -0.377 e. The van der Waals surface area contributed by atoms with Gasteiger partial charge in [0.25, 0.3) is 0 Å². The molecule has 0 bridgehead atoms. The van der Waals surface area contributed by atoms with Crippen LogP contribution in [-0.2, 0) is 0 Å². The molecule has 0 saturated carbocycles. The lowest BCUT2D eigenvalue weighted by atomic mass is 10.2. The molecule has 90 valence electrons. The second-order valence-electron chi connectivity index (χ2n) is 3.63. The first kappa shape index (κ1) is 11.5. The molecule has 2 rings (SSSR count). The SMILES string of the molecule is CC(Nc1cc(F)c(F)c(F)c1)c1ccn[nH]1. The highest BCUT2D eigenvalue weighted by Gasteiger charge is 2.12. The Morgan fingerprint density at radius 2 is 1.88 bits per heavy atom.